The normalized spacial score (nSPS) is 11.9. The van der Waals surface area contributed by atoms with Crippen LogP contribution in [0, 0.1) is 5.41 Å². The number of imidazole rings is 1. The fraction of sp³-hybridized carbons (Fsp3) is 0.280. The highest BCUT2D eigenvalue weighted by molar-refractivity contribution is 5.80. The molecule has 0 saturated carbocycles. The Morgan fingerprint density at radius 1 is 0.971 bits per heavy atom. The fourth-order valence-corrected chi connectivity index (χ4v) is 4.24. The van der Waals surface area contributed by atoms with Gasteiger partial charge in [0, 0.05) is 25.6 Å². The molecule has 0 aliphatic rings. The first-order valence-electron chi connectivity index (χ1n) is 11.3. The van der Waals surface area contributed by atoms with Crippen molar-refractivity contribution < 1.29 is 0 Å². The Balaban J connectivity index is 1.56. The number of aromatic amines is 2. The van der Waals surface area contributed by atoms with Crippen LogP contribution >= 0.6 is 0 Å². The molecule has 10 heteroatoms. The smallest absolute Gasteiger partial charge is 0.318 e. The van der Waals surface area contributed by atoms with E-state index >= 15 is 0 Å². The molecule has 0 spiro atoms. The van der Waals surface area contributed by atoms with Crippen LogP contribution in [0.5, 0.6) is 0 Å². The highest BCUT2D eigenvalue weighted by atomic mass is 16.2. The van der Waals surface area contributed by atoms with Gasteiger partial charge in [-0.05, 0) is 27.3 Å². The van der Waals surface area contributed by atoms with Crippen molar-refractivity contribution >= 4 is 11.2 Å². The summed E-state index contributed by atoms with van der Waals surface area (Å²) in [6, 6.07) is 16.0. The molecule has 0 aliphatic heterocycles. The van der Waals surface area contributed by atoms with Crippen LogP contribution in [0.3, 0.4) is 0 Å². The molecule has 0 saturated heterocycles. The number of hydrogen-bond acceptors (Lipinski definition) is 6. The lowest BCUT2D eigenvalue weighted by Gasteiger charge is -2.18. The monoisotopic (exact) mass is 470 g/mol. The summed E-state index contributed by atoms with van der Waals surface area (Å²) in [5.41, 5.74) is 3.74. The molecule has 0 aliphatic carbocycles. The lowest BCUT2D eigenvalue weighted by Crippen LogP contribution is -2.29. The maximum atomic E-state index is 12.8. The third-order valence-electron chi connectivity index (χ3n) is 5.89. The van der Waals surface area contributed by atoms with Crippen molar-refractivity contribution in [2.24, 2.45) is 12.5 Å². The predicted octanol–water partition coefficient (Wildman–Crippen LogP) is 2.91. The van der Waals surface area contributed by atoms with Crippen LogP contribution in [0.25, 0.3) is 33.7 Å². The fourth-order valence-electron chi connectivity index (χ4n) is 4.24. The van der Waals surface area contributed by atoms with Crippen LogP contribution < -0.4 is 11.2 Å². The summed E-state index contributed by atoms with van der Waals surface area (Å²) in [5, 5.41) is 14.4. The quantitative estimate of drug-likeness (QED) is 0.407. The minimum Gasteiger partial charge on any atom is -0.318 e. The van der Waals surface area contributed by atoms with Gasteiger partial charge in [-0.15, -0.1) is 10.2 Å². The average molecular weight is 471 g/mol. The number of aromatic nitrogens is 8. The molecular weight excluding hydrogens is 444 g/mol. The van der Waals surface area contributed by atoms with Crippen molar-refractivity contribution in [1.29, 1.82) is 0 Å². The van der Waals surface area contributed by atoms with E-state index in [2.05, 4.69) is 46.4 Å². The number of nitrogens with zero attached hydrogens (tertiary/aromatic N) is 6. The lowest BCUT2D eigenvalue weighted by atomic mass is 9.92. The van der Waals surface area contributed by atoms with Gasteiger partial charge in [-0.25, -0.2) is 9.78 Å². The molecule has 35 heavy (non-hydrogen) atoms. The van der Waals surface area contributed by atoms with Crippen LogP contribution in [0.4, 0.5) is 0 Å². The van der Waals surface area contributed by atoms with Crippen LogP contribution in [0.2, 0.25) is 0 Å². The summed E-state index contributed by atoms with van der Waals surface area (Å²) in [5.74, 6) is 1.30. The largest absolute Gasteiger partial charge is 0.329 e. The van der Waals surface area contributed by atoms with Gasteiger partial charge >= 0.3 is 5.69 Å². The maximum Gasteiger partial charge on any atom is 0.329 e. The van der Waals surface area contributed by atoms with Crippen LogP contribution in [-0.2, 0) is 20.0 Å². The molecule has 0 fully saturated rings. The summed E-state index contributed by atoms with van der Waals surface area (Å²) >= 11 is 0. The van der Waals surface area contributed by atoms with Gasteiger partial charge in [-0.1, -0.05) is 69.3 Å². The van der Waals surface area contributed by atoms with E-state index in [4.69, 9.17) is 4.98 Å². The third kappa shape index (κ3) is 4.30. The molecule has 10 nitrogen and oxygen atoms in total. The molecule has 3 heterocycles. The Morgan fingerprint density at radius 3 is 2.34 bits per heavy atom. The van der Waals surface area contributed by atoms with Crippen LogP contribution in [0.1, 0.15) is 32.2 Å². The van der Waals surface area contributed by atoms with E-state index in [1.165, 1.54) is 4.57 Å². The second-order valence-electron chi connectivity index (χ2n) is 9.82. The van der Waals surface area contributed by atoms with Gasteiger partial charge in [-0.3, -0.25) is 14.3 Å². The zero-order valence-corrected chi connectivity index (χ0v) is 20.0. The van der Waals surface area contributed by atoms with Gasteiger partial charge < -0.3 is 4.57 Å². The maximum absolute atomic E-state index is 12.8. The van der Waals surface area contributed by atoms with E-state index in [0.717, 1.165) is 28.1 Å². The highest BCUT2D eigenvalue weighted by Gasteiger charge is 2.22. The minimum absolute atomic E-state index is 0.0481. The van der Waals surface area contributed by atoms with E-state index in [-0.39, 0.29) is 5.41 Å². The molecule has 2 aromatic carbocycles. The van der Waals surface area contributed by atoms with Gasteiger partial charge in [0.1, 0.15) is 5.82 Å². The number of rotatable bonds is 5. The van der Waals surface area contributed by atoms with E-state index < -0.39 is 11.2 Å². The highest BCUT2D eigenvalue weighted by Crippen LogP contribution is 2.30. The molecule has 5 aromatic rings. The summed E-state index contributed by atoms with van der Waals surface area (Å²) < 4.78 is 3.30. The number of tetrazole rings is 1. The Morgan fingerprint density at radius 2 is 1.69 bits per heavy atom. The molecule has 0 bridgehead atoms. The van der Waals surface area contributed by atoms with Crippen molar-refractivity contribution in [3.05, 3.63) is 80.8 Å². The zero-order valence-electron chi connectivity index (χ0n) is 20.0. The standard InChI is InChI=1S/C25H26N8O2/c1-25(2,3)13-19-26-22-20(23(34)27-24(35)32(22)4)33(19)14-15-9-11-16(12-10-15)17-7-5-6-8-18(17)21-28-30-31-29-21/h5-12H,13-14H2,1-4H3,(H,27,34,35)(H,28,29,30,31). The average Bonchev–Trinajstić information content (AvgIpc) is 3.46. The second kappa shape index (κ2) is 8.46. The molecule has 0 radical (unpaired) electrons. The number of fused-ring (bicyclic) bond motifs is 1. The molecule has 0 amide bonds. The predicted molar refractivity (Wildman–Crippen MR) is 133 cm³/mol. The molecule has 5 rings (SSSR count). The SMILES string of the molecule is Cn1c(=O)[nH]c(=O)c2c1nc(CC(C)(C)C)n2Cc1ccc(-c2ccccc2-c2nn[nH]n2)cc1. The molecule has 0 atom stereocenters. The van der Waals surface area contributed by atoms with Crippen molar-refractivity contribution in [2.75, 3.05) is 0 Å². The first kappa shape index (κ1) is 22.5. The molecular formula is C25H26N8O2. The molecule has 0 unspecified atom stereocenters. The molecule has 178 valence electrons. The van der Waals surface area contributed by atoms with Crippen molar-refractivity contribution in [2.45, 2.75) is 33.7 Å². The summed E-state index contributed by atoms with van der Waals surface area (Å²) in [7, 11) is 1.62. The van der Waals surface area contributed by atoms with Gasteiger partial charge in [0.15, 0.2) is 11.2 Å². The summed E-state index contributed by atoms with van der Waals surface area (Å²) in [4.78, 5) is 32.0. The van der Waals surface area contributed by atoms with Crippen molar-refractivity contribution in [3.8, 4) is 22.5 Å². The third-order valence-corrected chi connectivity index (χ3v) is 5.89. The summed E-state index contributed by atoms with van der Waals surface area (Å²) in [6.45, 7) is 6.82. The molecule has 3 aromatic heterocycles. The number of nitrogens with one attached hydrogen (secondary N) is 2. The van der Waals surface area contributed by atoms with Crippen molar-refractivity contribution in [3.63, 3.8) is 0 Å². The van der Waals surface area contributed by atoms with Gasteiger partial charge in [0.2, 0.25) is 5.82 Å². The first-order chi connectivity index (χ1) is 16.7. The van der Waals surface area contributed by atoms with E-state index in [1.807, 2.05) is 53.1 Å². The zero-order chi connectivity index (χ0) is 24.7. The van der Waals surface area contributed by atoms with Crippen LogP contribution in [-0.4, -0.2) is 39.7 Å². The summed E-state index contributed by atoms with van der Waals surface area (Å²) in [6.07, 6.45) is 0.658. The van der Waals surface area contributed by atoms with Crippen LogP contribution in [0.15, 0.2) is 58.1 Å². The van der Waals surface area contributed by atoms with E-state index in [9.17, 15) is 9.59 Å². The van der Waals surface area contributed by atoms with Gasteiger partial charge in [0.25, 0.3) is 5.56 Å². The lowest BCUT2D eigenvalue weighted by molar-refractivity contribution is 0.394. The first-order valence-corrected chi connectivity index (χ1v) is 11.3. The number of aryl methyl sites for hydroxylation is 1. The number of hydrogen-bond donors (Lipinski definition) is 2. The number of H-pyrrole nitrogens is 2. The van der Waals surface area contributed by atoms with Crippen molar-refractivity contribution in [1.82, 2.24) is 39.7 Å². The molecule has 2 N–H and O–H groups in total. The minimum atomic E-state index is -0.473. The second-order valence-corrected chi connectivity index (χ2v) is 9.82. The topological polar surface area (TPSA) is 127 Å². The van der Waals surface area contributed by atoms with E-state index in [0.29, 0.717) is 30.0 Å². The Hall–Kier alpha value is -4.34. The number of benzene rings is 2. The van der Waals surface area contributed by atoms with E-state index in [1.54, 1.807) is 7.05 Å². The van der Waals surface area contributed by atoms with Gasteiger partial charge in [0.05, 0.1) is 0 Å². The Bertz CT molecular complexity index is 1620. The Kier molecular flexibility index (Phi) is 5.43. The Labute approximate surface area is 200 Å². The van der Waals surface area contributed by atoms with Gasteiger partial charge in [-0.2, -0.15) is 5.21 Å².